The van der Waals surface area contributed by atoms with Crippen LogP contribution in [0.4, 0.5) is 5.00 Å². The van der Waals surface area contributed by atoms with Gasteiger partial charge >= 0.3 is 5.97 Å². The Bertz CT molecular complexity index is 909. The largest absolute Gasteiger partial charge is 0.452 e. The van der Waals surface area contributed by atoms with E-state index in [0.717, 1.165) is 29.7 Å². The van der Waals surface area contributed by atoms with E-state index in [-0.39, 0.29) is 10.6 Å². The van der Waals surface area contributed by atoms with E-state index in [2.05, 4.69) is 12.2 Å². The van der Waals surface area contributed by atoms with Gasteiger partial charge in [0.2, 0.25) is 0 Å². The molecule has 0 bridgehead atoms. The van der Waals surface area contributed by atoms with Crippen LogP contribution in [-0.4, -0.2) is 24.4 Å². The van der Waals surface area contributed by atoms with Crippen LogP contribution in [0.5, 0.6) is 0 Å². The molecule has 0 unspecified atom stereocenters. The van der Waals surface area contributed by atoms with E-state index in [1.807, 2.05) is 0 Å². The lowest BCUT2D eigenvalue weighted by atomic mass is 9.88. The lowest BCUT2D eigenvalue weighted by Gasteiger charge is -2.18. The lowest BCUT2D eigenvalue weighted by Crippen LogP contribution is -2.23. The van der Waals surface area contributed by atoms with Crippen LogP contribution in [0, 0.1) is 5.92 Å². The Hall–Kier alpha value is -2.38. The average molecular weight is 407 g/mol. The van der Waals surface area contributed by atoms with Crippen LogP contribution in [-0.2, 0) is 22.4 Å². The fourth-order valence-electron chi connectivity index (χ4n) is 3.10. The topological polar surface area (TPSA) is 98.5 Å². The summed E-state index contributed by atoms with van der Waals surface area (Å²) in [5.74, 6) is -1.27. The number of hydrogen-bond acceptors (Lipinski definition) is 5. The molecule has 0 saturated carbocycles. The summed E-state index contributed by atoms with van der Waals surface area (Å²) in [6, 6.07) is 6.42. The average Bonchev–Trinajstić information content (AvgIpc) is 2.97. The number of amides is 2. The SMILES string of the molecule is C[C@H]1CCc2c(sc(NC(=O)COC(=O)c3ccccc3Cl)c2C(N)=O)C1. The maximum Gasteiger partial charge on any atom is 0.340 e. The number of hydrogen-bond donors (Lipinski definition) is 2. The van der Waals surface area contributed by atoms with Crippen molar-refractivity contribution in [2.75, 3.05) is 11.9 Å². The van der Waals surface area contributed by atoms with Gasteiger partial charge in [0.25, 0.3) is 11.8 Å². The molecular weight excluding hydrogens is 388 g/mol. The quantitative estimate of drug-likeness (QED) is 0.743. The first-order valence-corrected chi connectivity index (χ1v) is 9.72. The summed E-state index contributed by atoms with van der Waals surface area (Å²) in [4.78, 5) is 37.2. The maximum absolute atomic E-state index is 12.2. The number of ether oxygens (including phenoxy) is 1. The van der Waals surface area contributed by atoms with Crippen molar-refractivity contribution in [2.24, 2.45) is 11.7 Å². The van der Waals surface area contributed by atoms with Gasteiger partial charge in [0.05, 0.1) is 16.1 Å². The molecule has 1 aromatic carbocycles. The summed E-state index contributed by atoms with van der Waals surface area (Å²) in [7, 11) is 0. The molecule has 6 nitrogen and oxygen atoms in total. The zero-order valence-corrected chi connectivity index (χ0v) is 16.3. The number of rotatable bonds is 5. The number of carbonyl (C=O) groups excluding carboxylic acids is 3. The second-order valence-electron chi connectivity index (χ2n) is 6.52. The third kappa shape index (κ3) is 4.31. The molecule has 27 heavy (non-hydrogen) atoms. The number of thiophene rings is 1. The number of nitrogens with two attached hydrogens (primary N) is 1. The molecule has 1 aliphatic carbocycles. The molecule has 8 heteroatoms. The van der Waals surface area contributed by atoms with E-state index >= 15 is 0 Å². The highest BCUT2D eigenvalue weighted by Gasteiger charge is 2.27. The summed E-state index contributed by atoms with van der Waals surface area (Å²) in [5, 5.41) is 3.32. The third-order valence-electron chi connectivity index (χ3n) is 4.44. The van der Waals surface area contributed by atoms with Gasteiger partial charge in [0.15, 0.2) is 6.61 Å². The third-order valence-corrected chi connectivity index (χ3v) is 5.94. The molecule has 1 aromatic heterocycles. The number of esters is 1. The van der Waals surface area contributed by atoms with E-state index in [4.69, 9.17) is 22.1 Å². The molecule has 0 radical (unpaired) electrons. The summed E-state index contributed by atoms with van der Waals surface area (Å²) in [5.41, 5.74) is 7.00. The van der Waals surface area contributed by atoms with Gasteiger partial charge < -0.3 is 15.8 Å². The first-order chi connectivity index (χ1) is 12.9. The minimum Gasteiger partial charge on any atom is -0.452 e. The Morgan fingerprint density at radius 3 is 2.78 bits per heavy atom. The molecule has 142 valence electrons. The van der Waals surface area contributed by atoms with Crippen molar-refractivity contribution in [3.8, 4) is 0 Å². The van der Waals surface area contributed by atoms with Gasteiger partial charge in [0, 0.05) is 4.88 Å². The molecular formula is C19H19ClN2O4S. The Morgan fingerprint density at radius 2 is 2.07 bits per heavy atom. The summed E-state index contributed by atoms with van der Waals surface area (Å²) in [6.45, 7) is 1.67. The van der Waals surface area contributed by atoms with Crippen LogP contribution in [0.3, 0.4) is 0 Å². The van der Waals surface area contributed by atoms with E-state index in [9.17, 15) is 14.4 Å². The summed E-state index contributed by atoms with van der Waals surface area (Å²) >= 11 is 7.30. The first-order valence-electron chi connectivity index (χ1n) is 8.52. The number of nitrogens with one attached hydrogen (secondary N) is 1. The molecule has 1 aliphatic rings. The monoisotopic (exact) mass is 406 g/mol. The normalized spacial score (nSPS) is 15.7. The summed E-state index contributed by atoms with van der Waals surface area (Å²) < 4.78 is 5.02. The predicted molar refractivity (Wildman–Crippen MR) is 104 cm³/mol. The zero-order valence-electron chi connectivity index (χ0n) is 14.7. The molecule has 3 rings (SSSR count). The van der Waals surface area contributed by atoms with E-state index in [1.54, 1.807) is 18.2 Å². The van der Waals surface area contributed by atoms with E-state index in [0.29, 0.717) is 16.5 Å². The van der Waals surface area contributed by atoms with E-state index < -0.39 is 24.4 Å². The molecule has 0 fully saturated rings. The van der Waals surface area contributed by atoms with Gasteiger partial charge in [-0.3, -0.25) is 9.59 Å². The number of carbonyl (C=O) groups is 3. The van der Waals surface area contributed by atoms with Crippen molar-refractivity contribution in [3.05, 3.63) is 50.9 Å². The van der Waals surface area contributed by atoms with Crippen molar-refractivity contribution < 1.29 is 19.1 Å². The van der Waals surface area contributed by atoms with Gasteiger partial charge in [-0.1, -0.05) is 30.7 Å². The minimum absolute atomic E-state index is 0.186. The number of halogens is 1. The molecule has 0 spiro atoms. The molecule has 3 N–H and O–H groups in total. The standard InChI is InChI=1S/C19H19ClN2O4S/c1-10-6-7-12-14(8-10)27-18(16(12)17(21)24)22-15(23)9-26-19(25)11-4-2-3-5-13(11)20/h2-5,10H,6-9H2,1H3,(H2,21,24)(H,22,23)/t10-/m0/s1. The Morgan fingerprint density at radius 1 is 1.33 bits per heavy atom. The number of benzene rings is 1. The molecule has 2 aromatic rings. The molecule has 0 saturated heterocycles. The predicted octanol–water partition coefficient (Wildman–Crippen LogP) is 3.42. The van der Waals surface area contributed by atoms with Crippen molar-refractivity contribution >= 4 is 45.7 Å². The summed E-state index contributed by atoms with van der Waals surface area (Å²) in [6.07, 6.45) is 2.60. The lowest BCUT2D eigenvalue weighted by molar-refractivity contribution is -0.119. The second-order valence-corrected chi connectivity index (χ2v) is 8.04. The van der Waals surface area contributed by atoms with Gasteiger partial charge in [-0.05, 0) is 42.9 Å². The fourth-order valence-corrected chi connectivity index (χ4v) is 4.74. The van der Waals surface area contributed by atoms with Crippen molar-refractivity contribution in [1.29, 1.82) is 0 Å². The Labute approximate surface area is 165 Å². The van der Waals surface area contributed by atoms with Crippen molar-refractivity contribution in [2.45, 2.75) is 26.2 Å². The highest BCUT2D eigenvalue weighted by atomic mass is 35.5. The second kappa shape index (κ2) is 8.10. The smallest absolute Gasteiger partial charge is 0.340 e. The Kier molecular flexibility index (Phi) is 5.82. The molecule has 0 aliphatic heterocycles. The van der Waals surface area contributed by atoms with E-state index in [1.165, 1.54) is 17.4 Å². The highest BCUT2D eigenvalue weighted by Crippen LogP contribution is 2.39. The van der Waals surface area contributed by atoms with Crippen LogP contribution >= 0.6 is 22.9 Å². The molecule has 1 atom stereocenters. The van der Waals surface area contributed by atoms with Crippen LogP contribution in [0.25, 0.3) is 0 Å². The van der Waals surface area contributed by atoms with Crippen molar-refractivity contribution in [1.82, 2.24) is 0 Å². The minimum atomic E-state index is -0.690. The first kappa shape index (κ1) is 19.4. The fraction of sp³-hybridized carbons (Fsp3) is 0.316. The van der Waals surface area contributed by atoms with Crippen LogP contribution in [0.15, 0.2) is 24.3 Å². The number of anilines is 1. The van der Waals surface area contributed by atoms with Gasteiger partial charge in [-0.15, -0.1) is 11.3 Å². The van der Waals surface area contributed by atoms with Crippen LogP contribution in [0.2, 0.25) is 5.02 Å². The van der Waals surface area contributed by atoms with Crippen LogP contribution < -0.4 is 11.1 Å². The molecule has 2 amide bonds. The zero-order chi connectivity index (χ0) is 19.6. The number of primary amides is 1. The van der Waals surface area contributed by atoms with Crippen LogP contribution in [0.1, 0.15) is 44.5 Å². The molecule has 1 heterocycles. The number of fused-ring (bicyclic) bond motifs is 1. The van der Waals surface area contributed by atoms with Gasteiger partial charge in [0.1, 0.15) is 5.00 Å². The van der Waals surface area contributed by atoms with Gasteiger partial charge in [-0.25, -0.2) is 4.79 Å². The highest BCUT2D eigenvalue weighted by molar-refractivity contribution is 7.17. The van der Waals surface area contributed by atoms with Gasteiger partial charge in [-0.2, -0.15) is 0 Å². The Balaban J connectivity index is 1.68. The van der Waals surface area contributed by atoms with Crippen molar-refractivity contribution in [3.63, 3.8) is 0 Å². The maximum atomic E-state index is 12.2.